The van der Waals surface area contributed by atoms with Crippen LogP contribution in [0, 0.1) is 0 Å². The van der Waals surface area contributed by atoms with Crippen molar-refractivity contribution in [2.24, 2.45) is 0 Å². The average Bonchev–Trinajstić information content (AvgIpc) is 2.64. The Morgan fingerprint density at radius 3 is 3.00 bits per heavy atom. The van der Waals surface area contributed by atoms with E-state index < -0.39 is 0 Å². The lowest BCUT2D eigenvalue weighted by Gasteiger charge is -2.15. The first-order valence-electron chi connectivity index (χ1n) is 6.02. The normalized spacial score (nSPS) is 13.8. The van der Waals surface area contributed by atoms with Gasteiger partial charge < -0.3 is 11.1 Å². The van der Waals surface area contributed by atoms with Crippen LogP contribution in [0.3, 0.4) is 0 Å². The Labute approximate surface area is 106 Å². The summed E-state index contributed by atoms with van der Waals surface area (Å²) in [4.78, 5) is 25.2. The smallest absolute Gasteiger partial charge is 0.238 e. The highest BCUT2D eigenvalue weighted by molar-refractivity contribution is 6.19. The van der Waals surface area contributed by atoms with Gasteiger partial charge in [0, 0.05) is 12.1 Å². The molecule has 0 aromatic heterocycles. The first-order chi connectivity index (χ1) is 8.63. The number of anilines is 2. The van der Waals surface area contributed by atoms with Crippen molar-refractivity contribution < 1.29 is 9.59 Å². The van der Waals surface area contributed by atoms with E-state index in [9.17, 15) is 9.59 Å². The van der Waals surface area contributed by atoms with Crippen molar-refractivity contribution in [1.29, 1.82) is 0 Å². The van der Waals surface area contributed by atoms with E-state index in [1.165, 1.54) is 4.90 Å². The zero-order chi connectivity index (χ0) is 13.1. The SMILES string of the molecule is CNCCCC(=O)N1C(=O)Cc2cc(N)ccc21. The molecule has 1 aliphatic heterocycles. The number of nitrogens with two attached hydrogens (primary N) is 1. The lowest BCUT2D eigenvalue weighted by Crippen LogP contribution is -2.33. The first kappa shape index (κ1) is 12.6. The van der Waals surface area contributed by atoms with Gasteiger partial charge in [-0.2, -0.15) is 0 Å². The average molecular weight is 247 g/mol. The van der Waals surface area contributed by atoms with E-state index in [2.05, 4.69) is 5.32 Å². The van der Waals surface area contributed by atoms with E-state index in [0.29, 0.717) is 17.8 Å². The Kier molecular flexibility index (Phi) is 3.62. The van der Waals surface area contributed by atoms with Gasteiger partial charge in [0.05, 0.1) is 12.1 Å². The number of fused-ring (bicyclic) bond motifs is 1. The molecule has 1 heterocycles. The monoisotopic (exact) mass is 247 g/mol. The van der Waals surface area contributed by atoms with Gasteiger partial charge in [-0.25, -0.2) is 4.90 Å². The van der Waals surface area contributed by atoms with Crippen LogP contribution in [-0.4, -0.2) is 25.4 Å². The fraction of sp³-hybridized carbons (Fsp3) is 0.385. The van der Waals surface area contributed by atoms with E-state index in [1.54, 1.807) is 18.2 Å². The quantitative estimate of drug-likeness (QED) is 0.606. The number of carbonyl (C=O) groups is 2. The van der Waals surface area contributed by atoms with Gasteiger partial charge >= 0.3 is 0 Å². The Bertz CT molecular complexity index is 485. The predicted octanol–water partition coefficient (Wildman–Crippen LogP) is 0.684. The van der Waals surface area contributed by atoms with E-state index in [-0.39, 0.29) is 18.2 Å². The van der Waals surface area contributed by atoms with Crippen LogP contribution < -0.4 is 16.0 Å². The topological polar surface area (TPSA) is 75.4 Å². The van der Waals surface area contributed by atoms with Gasteiger partial charge in [-0.05, 0) is 43.8 Å². The molecule has 18 heavy (non-hydrogen) atoms. The lowest BCUT2D eigenvalue weighted by molar-refractivity contribution is -0.125. The third-order valence-corrected chi connectivity index (χ3v) is 3.00. The minimum Gasteiger partial charge on any atom is -0.399 e. The van der Waals surface area contributed by atoms with Gasteiger partial charge in [-0.1, -0.05) is 0 Å². The molecule has 2 rings (SSSR count). The number of hydrogen-bond acceptors (Lipinski definition) is 4. The van der Waals surface area contributed by atoms with Crippen LogP contribution in [-0.2, 0) is 16.0 Å². The van der Waals surface area contributed by atoms with Crippen molar-refractivity contribution in [1.82, 2.24) is 5.32 Å². The molecule has 0 fully saturated rings. The number of amides is 2. The zero-order valence-corrected chi connectivity index (χ0v) is 10.4. The van der Waals surface area contributed by atoms with Crippen LogP contribution in [0.25, 0.3) is 0 Å². The number of hydrogen-bond donors (Lipinski definition) is 2. The number of carbonyl (C=O) groups excluding carboxylic acids is 2. The zero-order valence-electron chi connectivity index (χ0n) is 10.4. The summed E-state index contributed by atoms with van der Waals surface area (Å²) in [6, 6.07) is 5.21. The maximum absolute atomic E-state index is 12.0. The molecule has 0 unspecified atom stereocenters. The van der Waals surface area contributed by atoms with Gasteiger partial charge in [0.25, 0.3) is 0 Å². The number of benzene rings is 1. The van der Waals surface area contributed by atoms with Gasteiger partial charge in [0.15, 0.2) is 0 Å². The lowest BCUT2D eigenvalue weighted by atomic mass is 10.1. The highest BCUT2D eigenvalue weighted by atomic mass is 16.2. The van der Waals surface area contributed by atoms with Crippen LogP contribution in [0.15, 0.2) is 18.2 Å². The van der Waals surface area contributed by atoms with E-state index in [4.69, 9.17) is 5.73 Å². The van der Waals surface area contributed by atoms with E-state index in [1.807, 2.05) is 7.05 Å². The van der Waals surface area contributed by atoms with Crippen LogP contribution in [0.4, 0.5) is 11.4 Å². The second-order valence-corrected chi connectivity index (χ2v) is 4.39. The van der Waals surface area contributed by atoms with Crippen molar-refractivity contribution in [3.63, 3.8) is 0 Å². The van der Waals surface area contributed by atoms with Gasteiger partial charge in [0.2, 0.25) is 11.8 Å². The predicted molar refractivity (Wildman–Crippen MR) is 70.2 cm³/mol. The summed E-state index contributed by atoms with van der Waals surface area (Å²) in [6.45, 7) is 0.766. The van der Waals surface area contributed by atoms with Crippen molar-refractivity contribution in [3.8, 4) is 0 Å². The maximum atomic E-state index is 12.0. The molecule has 3 N–H and O–H groups in total. The van der Waals surface area contributed by atoms with Crippen LogP contribution in [0.5, 0.6) is 0 Å². The molecule has 5 heteroatoms. The molecule has 0 saturated heterocycles. The minimum atomic E-state index is -0.162. The second-order valence-electron chi connectivity index (χ2n) is 4.39. The Balaban J connectivity index is 2.15. The maximum Gasteiger partial charge on any atom is 0.238 e. The number of nitrogens with zero attached hydrogens (tertiary/aromatic N) is 1. The van der Waals surface area contributed by atoms with Gasteiger partial charge in [0.1, 0.15) is 0 Å². The summed E-state index contributed by atoms with van der Waals surface area (Å²) < 4.78 is 0. The third kappa shape index (κ3) is 2.36. The van der Waals surface area contributed by atoms with Crippen molar-refractivity contribution in [3.05, 3.63) is 23.8 Å². The highest BCUT2D eigenvalue weighted by Crippen LogP contribution is 2.31. The van der Waals surface area contributed by atoms with Crippen molar-refractivity contribution in [2.75, 3.05) is 24.2 Å². The van der Waals surface area contributed by atoms with Crippen LogP contribution in [0.1, 0.15) is 18.4 Å². The molecule has 0 spiro atoms. The molecule has 0 saturated carbocycles. The molecule has 0 bridgehead atoms. The summed E-state index contributed by atoms with van der Waals surface area (Å²) in [5, 5.41) is 2.98. The van der Waals surface area contributed by atoms with Crippen LogP contribution >= 0.6 is 0 Å². The number of imide groups is 1. The third-order valence-electron chi connectivity index (χ3n) is 3.00. The molecule has 96 valence electrons. The fourth-order valence-corrected chi connectivity index (χ4v) is 2.14. The molecule has 0 atom stereocenters. The van der Waals surface area contributed by atoms with E-state index >= 15 is 0 Å². The second kappa shape index (κ2) is 5.18. The van der Waals surface area contributed by atoms with Crippen molar-refractivity contribution >= 4 is 23.2 Å². The fourth-order valence-electron chi connectivity index (χ4n) is 2.14. The number of nitrogen functional groups attached to an aromatic ring is 1. The van der Waals surface area contributed by atoms with Gasteiger partial charge in [-0.3, -0.25) is 9.59 Å². The molecule has 1 aromatic carbocycles. The van der Waals surface area contributed by atoms with Crippen molar-refractivity contribution in [2.45, 2.75) is 19.3 Å². The molecular formula is C13H17N3O2. The van der Waals surface area contributed by atoms with Crippen LogP contribution in [0.2, 0.25) is 0 Å². The standard InChI is InChI=1S/C13H17N3O2/c1-15-6-2-3-12(17)16-11-5-4-10(14)7-9(11)8-13(16)18/h4-5,7,15H,2-3,6,8,14H2,1H3. The summed E-state index contributed by atoms with van der Waals surface area (Å²) in [7, 11) is 1.84. The molecule has 0 radical (unpaired) electrons. The summed E-state index contributed by atoms with van der Waals surface area (Å²) in [5.41, 5.74) is 7.81. The molecule has 1 aliphatic rings. The molecule has 2 amide bonds. The highest BCUT2D eigenvalue weighted by Gasteiger charge is 2.31. The molecule has 1 aromatic rings. The van der Waals surface area contributed by atoms with E-state index in [0.717, 1.165) is 18.5 Å². The largest absolute Gasteiger partial charge is 0.399 e. The summed E-state index contributed by atoms with van der Waals surface area (Å²) in [5.74, 6) is -0.302. The number of rotatable bonds is 4. The summed E-state index contributed by atoms with van der Waals surface area (Å²) in [6.07, 6.45) is 1.36. The molecule has 5 nitrogen and oxygen atoms in total. The Morgan fingerprint density at radius 2 is 2.28 bits per heavy atom. The van der Waals surface area contributed by atoms with Gasteiger partial charge in [-0.15, -0.1) is 0 Å². The Hall–Kier alpha value is -1.88. The Morgan fingerprint density at radius 1 is 1.50 bits per heavy atom. The summed E-state index contributed by atoms with van der Waals surface area (Å²) >= 11 is 0. The molecule has 0 aliphatic carbocycles. The minimum absolute atomic E-state index is 0.140. The number of nitrogens with one attached hydrogen (secondary N) is 1. The molecular weight excluding hydrogens is 230 g/mol. The first-order valence-corrected chi connectivity index (χ1v) is 6.02.